The Kier molecular flexibility index (Phi) is 6.46. The van der Waals surface area contributed by atoms with E-state index in [4.69, 9.17) is 27.6 Å². The van der Waals surface area contributed by atoms with E-state index in [1.807, 2.05) is 19.1 Å². The van der Waals surface area contributed by atoms with Crippen LogP contribution in [-0.4, -0.2) is 39.2 Å². The van der Waals surface area contributed by atoms with Crippen molar-refractivity contribution >= 4 is 34.8 Å². The van der Waals surface area contributed by atoms with Crippen molar-refractivity contribution < 1.29 is 14.3 Å². The van der Waals surface area contributed by atoms with Gasteiger partial charge in [-0.2, -0.15) is 0 Å². The van der Waals surface area contributed by atoms with E-state index in [0.717, 1.165) is 18.7 Å². The van der Waals surface area contributed by atoms with E-state index in [2.05, 4.69) is 20.4 Å². The largest absolute Gasteiger partial charge is 0.506 e. The van der Waals surface area contributed by atoms with E-state index in [1.165, 1.54) is 6.07 Å². The van der Waals surface area contributed by atoms with Gasteiger partial charge in [0.05, 0.1) is 11.7 Å². The van der Waals surface area contributed by atoms with Gasteiger partial charge in [-0.25, -0.2) is 0 Å². The number of halogens is 2. The molecule has 2 aromatic carbocycles. The molecule has 1 saturated heterocycles. The van der Waals surface area contributed by atoms with Gasteiger partial charge in [-0.3, -0.25) is 9.69 Å². The fourth-order valence-electron chi connectivity index (χ4n) is 3.69. The number of hydrogen-bond acceptors (Lipinski definition) is 6. The van der Waals surface area contributed by atoms with Crippen LogP contribution < -0.4 is 5.32 Å². The Morgan fingerprint density at radius 2 is 1.90 bits per heavy atom. The average Bonchev–Trinajstić information content (AvgIpc) is 3.26. The van der Waals surface area contributed by atoms with Gasteiger partial charge in [0.1, 0.15) is 5.75 Å². The molecule has 0 spiro atoms. The molecular formula is C22H22Cl2N4O3. The molecule has 1 unspecified atom stereocenters. The first-order valence-corrected chi connectivity index (χ1v) is 10.8. The van der Waals surface area contributed by atoms with Crippen LogP contribution in [0.5, 0.6) is 5.75 Å². The van der Waals surface area contributed by atoms with Gasteiger partial charge in [-0.05, 0) is 69.3 Å². The molecule has 1 amide bonds. The lowest BCUT2D eigenvalue weighted by Gasteiger charge is -2.34. The molecule has 1 atom stereocenters. The lowest BCUT2D eigenvalue weighted by molar-refractivity contribution is -0.121. The van der Waals surface area contributed by atoms with Crippen molar-refractivity contribution in [3.8, 4) is 17.2 Å². The lowest BCUT2D eigenvalue weighted by Crippen LogP contribution is -2.39. The van der Waals surface area contributed by atoms with E-state index in [0.29, 0.717) is 40.4 Å². The van der Waals surface area contributed by atoms with Crippen molar-refractivity contribution in [1.82, 2.24) is 15.1 Å². The van der Waals surface area contributed by atoms with Crippen molar-refractivity contribution in [3.63, 3.8) is 0 Å². The molecule has 1 aliphatic rings. The number of carbonyl (C=O) groups is 1. The van der Waals surface area contributed by atoms with Crippen molar-refractivity contribution in [2.45, 2.75) is 25.8 Å². The second-order valence-corrected chi connectivity index (χ2v) is 8.47. The zero-order valence-corrected chi connectivity index (χ0v) is 18.4. The third-order valence-corrected chi connectivity index (χ3v) is 6.00. The van der Waals surface area contributed by atoms with Crippen LogP contribution in [0.2, 0.25) is 10.0 Å². The fourth-order valence-corrected chi connectivity index (χ4v) is 4.05. The van der Waals surface area contributed by atoms with Gasteiger partial charge in [0.2, 0.25) is 17.7 Å². The van der Waals surface area contributed by atoms with E-state index in [9.17, 15) is 9.90 Å². The molecule has 9 heteroatoms. The Labute approximate surface area is 190 Å². The maximum Gasteiger partial charge on any atom is 0.247 e. The SMILES string of the molecule is CC(c1nnc(-c2cccc(Cl)c2)o1)N1CCC(C(=O)Nc2cc(Cl)ccc2O)CC1. The molecule has 31 heavy (non-hydrogen) atoms. The Balaban J connectivity index is 1.35. The van der Waals surface area contributed by atoms with Crippen LogP contribution in [-0.2, 0) is 4.79 Å². The number of aromatic nitrogens is 2. The smallest absolute Gasteiger partial charge is 0.247 e. The molecule has 1 aromatic heterocycles. The molecule has 0 radical (unpaired) electrons. The number of likely N-dealkylation sites (tertiary alicyclic amines) is 1. The van der Waals surface area contributed by atoms with Crippen LogP contribution in [0.4, 0.5) is 5.69 Å². The highest BCUT2D eigenvalue weighted by atomic mass is 35.5. The van der Waals surface area contributed by atoms with Crippen LogP contribution in [0.25, 0.3) is 11.5 Å². The number of carbonyl (C=O) groups excluding carboxylic acids is 1. The first-order valence-electron chi connectivity index (χ1n) is 10.0. The van der Waals surface area contributed by atoms with Crippen LogP contribution in [0.3, 0.4) is 0 Å². The summed E-state index contributed by atoms with van der Waals surface area (Å²) in [6.45, 7) is 3.45. The van der Waals surface area contributed by atoms with Crippen LogP contribution >= 0.6 is 23.2 Å². The van der Waals surface area contributed by atoms with Crippen LogP contribution in [0.15, 0.2) is 46.9 Å². The number of phenols is 1. The number of nitrogens with zero attached hydrogens (tertiary/aromatic N) is 3. The lowest BCUT2D eigenvalue weighted by atomic mass is 9.95. The molecule has 0 bridgehead atoms. The average molecular weight is 461 g/mol. The summed E-state index contributed by atoms with van der Waals surface area (Å²) in [6, 6.07) is 11.8. The molecule has 2 N–H and O–H groups in total. The standard InChI is InChI=1S/C22H22Cl2N4O3/c1-13(21-26-27-22(31-21)15-3-2-4-16(23)11-15)28-9-7-14(8-10-28)20(30)25-18-12-17(24)5-6-19(18)29/h2-6,11-14,29H,7-10H2,1H3,(H,25,30). The minimum atomic E-state index is -0.147. The Morgan fingerprint density at radius 1 is 1.16 bits per heavy atom. The number of rotatable bonds is 5. The van der Waals surface area contributed by atoms with Crippen molar-refractivity contribution in [2.24, 2.45) is 5.92 Å². The number of nitrogens with one attached hydrogen (secondary N) is 1. The van der Waals surface area contributed by atoms with Gasteiger partial charge >= 0.3 is 0 Å². The van der Waals surface area contributed by atoms with Gasteiger partial charge in [-0.15, -0.1) is 10.2 Å². The second kappa shape index (κ2) is 9.26. The Morgan fingerprint density at radius 3 is 2.65 bits per heavy atom. The monoisotopic (exact) mass is 460 g/mol. The predicted octanol–water partition coefficient (Wildman–Crippen LogP) is 5.16. The number of aromatic hydroxyl groups is 1. The maximum absolute atomic E-state index is 12.6. The molecule has 1 aliphatic heterocycles. The number of benzene rings is 2. The Hall–Kier alpha value is -2.61. The molecule has 0 saturated carbocycles. The number of hydrogen-bond donors (Lipinski definition) is 2. The third-order valence-electron chi connectivity index (χ3n) is 5.53. The summed E-state index contributed by atoms with van der Waals surface area (Å²) < 4.78 is 5.88. The summed E-state index contributed by atoms with van der Waals surface area (Å²) in [6.07, 6.45) is 1.37. The fraction of sp³-hybridized carbons (Fsp3) is 0.318. The minimum Gasteiger partial charge on any atom is -0.506 e. The molecule has 2 heterocycles. The predicted molar refractivity (Wildman–Crippen MR) is 119 cm³/mol. The summed E-state index contributed by atoms with van der Waals surface area (Å²) in [4.78, 5) is 14.8. The van der Waals surface area contributed by atoms with E-state index >= 15 is 0 Å². The molecular weight excluding hydrogens is 439 g/mol. The highest BCUT2D eigenvalue weighted by Gasteiger charge is 2.30. The number of amides is 1. The first-order chi connectivity index (χ1) is 14.9. The maximum atomic E-state index is 12.6. The molecule has 3 aromatic rings. The third kappa shape index (κ3) is 5.01. The zero-order valence-electron chi connectivity index (χ0n) is 16.9. The van der Waals surface area contributed by atoms with Crippen molar-refractivity contribution in [3.05, 3.63) is 58.4 Å². The summed E-state index contributed by atoms with van der Waals surface area (Å²) in [5.74, 6) is 0.690. The second-order valence-electron chi connectivity index (χ2n) is 7.59. The van der Waals surface area contributed by atoms with Crippen molar-refractivity contribution in [1.29, 1.82) is 0 Å². The van der Waals surface area contributed by atoms with E-state index in [-0.39, 0.29) is 23.6 Å². The molecule has 0 aliphatic carbocycles. The number of anilines is 1. The summed E-state index contributed by atoms with van der Waals surface area (Å²) in [5.41, 5.74) is 1.10. The Bertz CT molecular complexity index is 1080. The highest BCUT2D eigenvalue weighted by molar-refractivity contribution is 6.31. The van der Waals surface area contributed by atoms with Crippen molar-refractivity contribution in [2.75, 3.05) is 18.4 Å². The zero-order chi connectivity index (χ0) is 22.0. The van der Waals surface area contributed by atoms with Gasteiger partial charge in [-0.1, -0.05) is 29.3 Å². The first kappa shape index (κ1) is 21.6. The topological polar surface area (TPSA) is 91.5 Å². The molecule has 162 valence electrons. The van der Waals surface area contributed by atoms with Gasteiger partial charge < -0.3 is 14.8 Å². The van der Waals surface area contributed by atoms with Crippen LogP contribution in [0, 0.1) is 5.92 Å². The minimum absolute atomic E-state index is 0.00397. The number of piperidine rings is 1. The molecule has 7 nitrogen and oxygen atoms in total. The van der Waals surface area contributed by atoms with Gasteiger partial charge in [0.15, 0.2) is 0 Å². The molecule has 1 fully saturated rings. The normalized spacial score (nSPS) is 16.2. The quantitative estimate of drug-likeness (QED) is 0.510. The van der Waals surface area contributed by atoms with E-state index in [1.54, 1.807) is 24.3 Å². The van der Waals surface area contributed by atoms with Gasteiger partial charge in [0.25, 0.3) is 0 Å². The molecule has 4 rings (SSSR count). The summed E-state index contributed by atoms with van der Waals surface area (Å²) >= 11 is 12.0. The summed E-state index contributed by atoms with van der Waals surface area (Å²) in [7, 11) is 0. The van der Waals surface area contributed by atoms with Gasteiger partial charge in [0, 0.05) is 21.5 Å². The van der Waals surface area contributed by atoms with E-state index < -0.39 is 0 Å². The number of phenolic OH excluding ortho intramolecular Hbond substituents is 1. The summed E-state index contributed by atoms with van der Waals surface area (Å²) in [5, 5.41) is 22.1. The van der Waals surface area contributed by atoms with Crippen LogP contribution in [0.1, 0.15) is 31.7 Å². The highest BCUT2D eigenvalue weighted by Crippen LogP contribution is 2.31.